The molecule has 2 aliphatic rings. The standard InChI is InChI=1S/C24H28N2O3S/c1-2-11-25-12-13-26(24(28)21-5-3-14-29-21)17-20(23(25)27)16-18-7-9-19(10-8-18)22-6-4-15-30-22/h2,4,6-10,15,20-21H,1,3,5,11-14,16-17H2/t20-,21+/m1/s1. The molecule has 1 aromatic heterocycles. The van der Waals surface area contributed by atoms with Crippen LogP contribution in [0.1, 0.15) is 18.4 Å². The molecule has 6 heteroatoms. The molecule has 30 heavy (non-hydrogen) atoms. The van der Waals surface area contributed by atoms with E-state index in [-0.39, 0.29) is 23.8 Å². The number of benzene rings is 1. The first-order chi connectivity index (χ1) is 14.7. The lowest BCUT2D eigenvalue weighted by Gasteiger charge is -2.25. The Hall–Kier alpha value is -2.44. The van der Waals surface area contributed by atoms with Gasteiger partial charge in [0, 0.05) is 37.7 Å². The minimum Gasteiger partial charge on any atom is -0.368 e. The topological polar surface area (TPSA) is 49.9 Å². The Balaban J connectivity index is 1.50. The summed E-state index contributed by atoms with van der Waals surface area (Å²) in [4.78, 5) is 31.0. The summed E-state index contributed by atoms with van der Waals surface area (Å²) in [7, 11) is 0. The van der Waals surface area contributed by atoms with Gasteiger partial charge in [-0.2, -0.15) is 0 Å². The van der Waals surface area contributed by atoms with Crippen LogP contribution in [0.2, 0.25) is 0 Å². The molecule has 158 valence electrons. The van der Waals surface area contributed by atoms with Crippen LogP contribution in [0.3, 0.4) is 0 Å². The number of nitrogens with zero attached hydrogens (tertiary/aromatic N) is 2. The molecular weight excluding hydrogens is 396 g/mol. The second-order valence-corrected chi connectivity index (χ2v) is 8.88. The van der Waals surface area contributed by atoms with Crippen LogP contribution in [-0.2, 0) is 20.7 Å². The number of ether oxygens (including phenoxy) is 1. The van der Waals surface area contributed by atoms with Crippen molar-refractivity contribution in [3.05, 3.63) is 60.0 Å². The molecule has 0 N–H and O–H groups in total. The molecule has 2 aliphatic heterocycles. The largest absolute Gasteiger partial charge is 0.368 e. The normalized spacial score (nSPS) is 22.2. The highest BCUT2D eigenvalue weighted by Crippen LogP contribution is 2.26. The number of carbonyl (C=O) groups excluding carboxylic acids is 2. The second-order valence-electron chi connectivity index (χ2n) is 7.93. The van der Waals surface area contributed by atoms with Crippen molar-refractivity contribution in [2.45, 2.75) is 25.4 Å². The molecule has 2 amide bonds. The third-order valence-electron chi connectivity index (χ3n) is 5.85. The van der Waals surface area contributed by atoms with E-state index in [1.54, 1.807) is 17.4 Å². The van der Waals surface area contributed by atoms with Crippen molar-refractivity contribution >= 4 is 23.2 Å². The van der Waals surface area contributed by atoms with E-state index < -0.39 is 0 Å². The zero-order valence-corrected chi connectivity index (χ0v) is 18.0. The summed E-state index contributed by atoms with van der Waals surface area (Å²) < 4.78 is 5.61. The lowest BCUT2D eigenvalue weighted by Crippen LogP contribution is -2.42. The molecule has 2 saturated heterocycles. The number of hydrogen-bond acceptors (Lipinski definition) is 4. The summed E-state index contributed by atoms with van der Waals surface area (Å²) in [6, 6.07) is 12.6. The highest BCUT2D eigenvalue weighted by atomic mass is 32.1. The minimum atomic E-state index is -0.350. The molecule has 0 radical (unpaired) electrons. The summed E-state index contributed by atoms with van der Waals surface area (Å²) in [6.45, 7) is 6.47. The first kappa shape index (κ1) is 20.8. The number of rotatable bonds is 6. The third kappa shape index (κ3) is 4.65. The molecule has 3 heterocycles. The first-order valence-corrected chi connectivity index (χ1v) is 11.5. The minimum absolute atomic E-state index is 0.0267. The van der Waals surface area contributed by atoms with Crippen LogP contribution in [0.4, 0.5) is 0 Å². The van der Waals surface area contributed by atoms with Crippen molar-refractivity contribution in [2.75, 3.05) is 32.8 Å². The molecule has 2 aromatic rings. The number of hydrogen-bond donors (Lipinski definition) is 0. The summed E-state index contributed by atoms with van der Waals surface area (Å²) >= 11 is 1.72. The van der Waals surface area contributed by atoms with Crippen molar-refractivity contribution in [2.24, 2.45) is 5.92 Å². The van der Waals surface area contributed by atoms with Gasteiger partial charge in [-0.1, -0.05) is 36.4 Å². The first-order valence-electron chi connectivity index (χ1n) is 10.6. The molecule has 0 bridgehead atoms. The quantitative estimate of drug-likeness (QED) is 0.666. The predicted octanol–water partition coefficient (Wildman–Crippen LogP) is 3.61. The average Bonchev–Trinajstić information content (AvgIpc) is 3.46. The lowest BCUT2D eigenvalue weighted by atomic mass is 9.96. The van der Waals surface area contributed by atoms with Crippen molar-refractivity contribution in [1.29, 1.82) is 0 Å². The SMILES string of the molecule is C=CCN1CCN(C(=O)[C@@H]2CCCO2)C[C@@H](Cc2ccc(-c3cccs3)cc2)C1=O. The molecular formula is C24H28N2O3S. The van der Waals surface area contributed by atoms with Gasteiger partial charge in [-0.25, -0.2) is 0 Å². The Labute approximate surface area is 181 Å². The highest BCUT2D eigenvalue weighted by Gasteiger charge is 2.35. The average molecular weight is 425 g/mol. The van der Waals surface area contributed by atoms with Crippen molar-refractivity contribution in [3.63, 3.8) is 0 Å². The van der Waals surface area contributed by atoms with Crippen LogP contribution >= 0.6 is 11.3 Å². The van der Waals surface area contributed by atoms with Crippen LogP contribution in [0.5, 0.6) is 0 Å². The van der Waals surface area contributed by atoms with Crippen molar-refractivity contribution in [3.8, 4) is 10.4 Å². The van der Waals surface area contributed by atoms with Crippen LogP contribution in [-0.4, -0.2) is 60.5 Å². The molecule has 0 spiro atoms. The lowest BCUT2D eigenvalue weighted by molar-refractivity contribution is -0.141. The second kappa shape index (κ2) is 9.58. The van der Waals surface area contributed by atoms with Gasteiger partial charge in [-0.3, -0.25) is 9.59 Å². The van der Waals surface area contributed by atoms with Crippen LogP contribution < -0.4 is 0 Å². The van der Waals surface area contributed by atoms with E-state index in [2.05, 4.69) is 42.3 Å². The van der Waals surface area contributed by atoms with Gasteiger partial charge in [0.05, 0.1) is 5.92 Å². The Bertz CT molecular complexity index is 872. The van der Waals surface area contributed by atoms with Gasteiger partial charge in [0.25, 0.3) is 5.91 Å². The van der Waals surface area contributed by atoms with Crippen molar-refractivity contribution in [1.82, 2.24) is 9.80 Å². The zero-order chi connectivity index (χ0) is 20.9. The summed E-state index contributed by atoms with van der Waals surface area (Å²) in [5.41, 5.74) is 2.29. The van der Waals surface area contributed by atoms with Crippen LogP contribution in [0.15, 0.2) is 54.4 Å². The van der Waals surface area contributed by atoms with Gasteiger partial charge < -0.3 is 14.5 Å². The van der Waals surface area contributed by atoms with Gasteiger partial charge in [0.15, 0.2) is 0 Å². The van der Waals surface area contributed by atoms with E-state index in [1.165, 1.54) is 10.4 Å². The molecule has 0 saturated carbocycles. The maximum atomic E-state index is 13.2. The Morgan fingerprint density at radius 2 is 2.07 bits per heavy atom. The van der Waals surface area contributed by atoms with E-state index in [0.717, 1.165) is 18.4 Å². The van der Waals surface area contributed by atoms with E-state index in [9.17, 15) is 9.59 Å². The summed E-state index contributed by atoms with van der Waals surface area (Å²) in [6.07, 6.45) is 3.71. The smallest absolute Gasteiger partial charge is 0.251 e. The Kier molecular flexibility index (Phi) is 6.65. The van der Waals surface area contributed by atoms with Gasteiger partial charge in [-0.05, 0) is 41.8 Å². The molecule has 0 unspecified atom stereocenters. The monoisotopic (exact) mass is 424 g/mol. The molecule has 4 rings (SSSR count). The highest BCUT2D eigenvalue weighted by molar-refractivity contribution is 7.13. The molecule has 1 aromatic carbocycles. The zero-order valence-electron chi connectivity index (χ0n) is 17.2. The molecule has 2 fully saturated rings. The fourth-order valence-corrected chi connectivity index (χ4v) is 4.98. The fraction of sp³-hybridized carbons (Fsp3) is 0.417. The Morgan fingerprint density at radius 3 is 2.73 bits per heavy atom. The molecule has 0 aliphatic carbocycles. The van der Waals surface area contributed by atoms with Gasteiger partial charge >= 0.3 is 0 Å². The van der Waals surface area contributed by atoms with E-state index in [4.69, 9.17) is 4.74 Å². The maximum absolute atomic E-state index is 13.2. The van der Waals surface area contributed by atoms with E-state index in [1.807, 2.05) is 15.9 Å². The number of amides is 2. The fourth-order valence-electron chi connectivity index (χ4n) is 4.24. The van der Waals surface area contributed by atoms with Crippen molar-refractivity contribution < 1.29 is 14.3 Å². The number of carbonyl (C=O) groups is 2. The van der Waals surface area contributed by atoms with Crippen LogP contribution in [0, 0.1) is 5.92 Å². The predicted molar refractivity (Wildman–Crippen MR) is 119 cm³/mol. The maximum Gasteiger partial charge on any atom is 0.251 e. The van der Waals surface area contributed by atoms with Crippen LogP contribution in [0.25, 0.3) is 10.4 Å². The summed E-state index contributed by atoms with van der Waals surface area (Å²) in [5.74, 6) is -0.135. The number of thiophene rings is 1. The van der Waals surface area contributed by atoms with E-state index in [0.29, 0.717) is 39.2 Å². The Morgan fingerprint density at radius 1 is 1.23 bits per heavy atom. The molecule has 2 atom stereocenters. The van der Waals surface area contributed by atoms with Gasteiger partial charge in [0.2, 0.25) is 5.91 Å². The molecule has 5 nitrogen and oxygen atoms in total. The van der Waals surface area contributed by atoms with E-state index >= 15 is 0 Å². The van der Waals surface area contributed by atoms with Gasteiger partial charge in [0.1, 0.15) is 6.10 Å². The third-order valence-corrected chi connectivity index (χ3v) is 6.77. The summed E-state index contributed by atoms with van der Waals surface area (Å²) in [5, 5.41) is 2.07. The van der Waals surface area contributed by atoms with Gasteiger partial charge in [-0.15, -0.1) is 17.9 Å².